The number of halogens is 2. The van der Waals surface area contributed by atoms with E-state index < -0.39 is 0 Å². The van der Waals surface area contributed by atoms with Crippen LogP contribution in [0.4, 0.5) is 4.39 Å². The fraction of sp³-hybridized carbons (Fsp3) is 0.394. The van der Waals surface area contributed by atoms with Crippen molar-refractivity contribution in [2.24, 2.45) is 17.8 Å². The van der Waals surface area contributed by atoms with Crippen molar-refractivity contribution in [3.63, 3.8) is 0 Å². The van der Waals surface area contributed by atoms with Gasteiger partial charge in [0, 0.05) is 28.3 Å². The number of ether oxygens (including phenoxy) is 2. The summed E-state index contributed by atoms with van der Waals surface area (Å²) in [5.74, 6) is 2.43. The van der Waals surface area contributed by atoms with E-state index >= 15 is 0 Å². The molecule has 1 saturated carbocycles. The molecule has 2 aromatic heterocycles. The van der Waals surface area contributed by atoms with Gasteiger partial charge >= 0.3 is 0 Å². The number of hydrogen-bond donors (Lipinski definition) is 0. The Hall–Kier alpha value is -2.96. The summed E-state index contributed by atoms with van der Waals surface area (Å²) in [6, 6.07) is 14.9. The van der Waals surface area contributed by atoms with Crippen molar-refractivity contribution in [3.05, 3.63) is 76.0 Å². The maximum Gasteiger partial charge on any atom is 0.221 e. The van der Waals surface area contributed by atoms with Gasteiger partial charge in [-0.2, -0.15) is 0 Å². The molecule has 0 saturated heterocycles. The highest BCUT2D eigenvalue weighted by Crippen LogP contribution is 2.42. The van der Waals surface area contributed by atoms with Crippen LogP contribution in [0.3, 0.4) is 0 Å². The fourth-order valence-electron chi connectivity index (χ4n) is 6.10. The number of ketones is 1. The lowest BCUT2D eigenvalue weighted by Crippen LogP contribution is -2.24. The number of aromatic nitrogens is 1. The summed E-state index contributed by atoms with van der Waals surface area (Å²) in [5.41, 5.74) is 3.03. The number of carbonyl (C=O) groups excluding carboxylic acids is 1. The van der Waals surface area contributed by atoms with Crippen LogP contribution in [0, 0.1) is 23.6 Å². The first kappa shape index (κ1) is 28.6. The molecule has 4 nitrogen and oxygen atoms in total. The van der Waals surface area contributed by atoms with Crippen LogP contribution in [-0.2, 0) is 6.42 Å². The molecule has 1 aliphatic rings. The number of pyridine rings is 1. The summed E-state index contributed by atoms with van der Waals surface area (Å²) < 4.78 is 26.4. The Morgan fingerprint density at radius 1 is 1.10 bits per heavy atom. The van der Waals surface area contributed by atoms with Crippen LogP contribution in [0.2, 0.25) is 5.02 Å². The molecule has 0 N–H and O–H groups in total. The monoisotopic (exact) mass is 579 g/mol. The van der Waals surface area contributed by atoms with E-state index in [1.807, 2.05) is 30.3 Å². The van der Waals surface area contributed by atoms with Crippen molar-refractivity contribution < 1.29 is 18.7 Å². The van der Waals surface area contributed by atoms with Gasteiger partial charge in [-0.15, -0.1) is 11.3 Å². The maximum absolute atomic E-state index is 14.5. The minimum atomic E-state index is -0.382. The standard InChI is InChI=1S/C33H35ClFNO3S/c1-20-9-11-21(12-10-20)22(19-27(37)32-31(34)30-26(35)7-4-8-29(30)40-32)13-14-24-18-23(15-16-28(24)38-2)25-6-5-17-36-33(25)39-3/h4-8,15-18,20-22H,9-14,19H2,1-3H3. The Kier molecular flexibility index (Phi) is 9.07. The number of rotatable bonds is 10. The van der Waals surface area contributed by atoms with E-state index in [0.717, 1.165) is 54.0 Å². The summed E-state index contributed by atoms with van der Waals surface area (Å²) in [4.78, 5) is 18.5. The Labute approximate surface area is 244 Å². The van der Waals surface area contributed by atoms with Gasteiger partial charge < -0.3 is 9.47 Å². The van der Waals surface area contributed by atoms with Crippen molar-refractivity contribution in [2.45, 2.75) is 51.9 Å². The lowest BCUT2D eigenvalue weighted by molar-refractivity contribution is 0.0923. The van der Waals surface area contributed by atoms with Crippen LogP contribution in [0.1, 0.15) is 60.7 Å². The molecule has 5 rings (SSSR count). The van der Waals surface area contributed by atoms with Gasteiger partial charge in [0.05, 0.1) is 24.1 Å². The average molecular weight is 580 g/mol. The number of thiophene rings is 1. The molecule has 1 atom stereocenters. The number of hydrogen-bond acceptors (Lipinski definition) is 5. The molecule has 40 heavy (non-hydrogen) atoms. The number of carbonyl (C=O) groups is 1. The number of aryl methyl sites for hydroxylation is 1. The quantitative estimate of drug-likeness (QED) is 0.176. The number of methoxy groups -OCH3 is 2. The molecule has 1 fully saturated rings. The van der Waals surface area contributed by atoms with Crippen LogP contribution < -0.4 is 9.47 Å². The van der Waals surface area contributed by atoms with Crippen molar-refractivity contribution in [3.8, 4) is 22.8 Å². The van der Waals surface area contributed by atoms with Gasteiger partial charge in [-0.3, -0.25) is 4.79 Å². The second-order valence-electron chi connectivity index (χ2n) is 10.9. The highest BCUT2D eigenvalue weighted by atomic mass is 35.5. The third-order valence-electron chi connectivity index (χ3n) is 8.37. The van der Waals surface area contributed by atoms with Crippen LogP contribution >= 0.6 is 22.9 Å². The van der Waals surface area contributed by atoms with Crippen molar-refractivity contribution >= 4 is 38.8 Å². The largest absolute Gasteiger partial charge is 0.496 e. The molecule has 7 heteroatoms. The second kappa shape index (κ2) is 12.7. The molecule has 1 aliphatic carbocycles. The Balaban J connectivity index is 1.41. The smallest absolute Gasteiger partial charge is 0.221 e. The SMILES string of the molecule is COc1ccc(-c2cccnc2OC)cc1CCC(CC(=O)c1sc2cccc(F)c2c1Cl)C1CCC(C)CC1. The first-order valence-corrected chi connectivity index (χ1v) is 15.1. The lowest BCUT2D eigenvalue weighted by Gasteiger charge is -2.33. The Morgan fingerprint density at radius 2 is 1.90 bits per heavy atom. The van der Waals surface area contributed by atoms with Gasteiger partial charge in [0.1, 0.15) is 11.6 Å². The van der Waals surface area contributed by atoms with Gasteiger partial charge in [-0.05, 0) is 91.0 Å². The third kappa shape index (κ3) is 6.03. The van der Waals surface area contributed by atoms with Crippen molar-refractivity contribution in [1.29, 1.82) is 0 Å². The molecule has 0 spiro atoms. The molecule has 0 amide bonds. The van der Waals surface area contributed by atoms with Crippen LogP contribution in [0.5, 0.6) is 11.6 Å². The van der Waals surface area contributed by atoms with E-state index in [9.17, 15) is 9.18 Å². The summed E-state index contributed by atoms with van der Waals surface area (Å²) in [7, 11) is 3.31. The minimum Gasteiger partial charge on any atom is -0.496 e. The molecule has 0 bridgehead atoms. The van der Waals surface area contributed by atoms with Crippen molar-refractivity contribution in [2.75, 3.05) is 14.2 Å². The van der Waals surface area contributed by atoms with Crippen LogP contribution in [-0.4, -0.2) is 25.0 Å². The van der Waals surface area contributed by atoms with Crippen LogP contribution in [0.15, 0.2) is 54.7 Å². The number of benzene rings is 2. The van der Waals surface area contributed by atoms with E-state index in [0.29, 0.717) is 33.2 Å². The summed E-state index contributed by atoms with van der Waals surface area (Å²) in [6.07, 6.45) is 8.37. The lowest BCUT2D eigenvalue weighted by atomic mass is 9.73. The molecule has 210 valence electrons. The number of nitrogens with zero attached hydrogens (tertiary/aromatic N) is 1. The van der Waals surface area contributed by atoms with Crippen molar-refractivity contribution in [1.82, 2.24) is 4.98 Å². The van der Waals surface area contributed by atoms with E-state index in [4.69, 9.17) is 21.1 Å². The third-order valence-corrected chi connectivity index (χ3v) is 10.1. The molecule has 0 radical (unpaired) electrons. The molecule has 2 heterocycles. The topological polar surface area (TPSA) is 48.4 Å². The first-order chi connectivity index (χ1) is 19.4. The molecular formula is C33H35ClFNO3S. The minimum absolute atomic E-state index is 0.00929. The van der Waals surface area contributed by atoms with E-state index in [1.165, 1.54) is 30.2 Å². The Morgan fingerprint density at radius 3 is 2.62 bits per heavy atom. The van der Waals surface area contributed by atoms with Gasteiger partial charge in [-0.1, -0.05) is 43.5 Å². The molecular weight excluding hydrogens is 545 g/mol. The van der Waals surface area contributed by atoms with Gasteiger partial charge in [0.25, 0.3) is 0 Å². The van der Waals surface area contributed by atoms with Crippen LogP contribution in [0.25, 0.3) is 21.2 Å². The average Bonchev–Trinajstić information content (AvgIpc) is 3.33. The summed E-state index contributed by atoms with van der Waals surface area (Å²) in [6.45, 7) is 2.31. The summed E-state index contributed by atoms with van der Waals surface area (Å²) in [5, 5.41) is 0.604. The molecule has 0 aliphatic heterocycles. The van der Waals surface area contributed by atoms with Gasteiger partial charge in [-0.25, -0.2) is 9.37 Å². The van der Waals surface area contributed by atoms with E-state index in [2.05, 4.69) is 18.0 Å². The van der Waals surface area contributed by atoms with Gasteiger partial charge in [0.15, 0.2) is 5.78 Å². The predicted molar refractivity (Wildman–Crippen MR) is 161 cm³/mol. The molecule has 2 aromatic carbocycles. The van der Waals surface area contributed by atoms with E-state index in [1.54, 1.807) is 26.5 Å². The summed E-state index contributed by atoms with van der Waals surface area (Å²) >= 11 is 7.88. The number of Topliss-reactive ketones (excluding diaryl/α,β-unsaturated/α-hetero) is 1. The zero-order valence-electron chi connectivity index (χ0n) is 23.2. The Bertz CT molecular complexity index is 1490. The highest BCUT2D eigenvalue weighted by molar-refractivity contribution is 7.21. The number of fused-ring (bicyclic) bond motifs is 1. The highest BCUT2D eigenvalue weighted by Gasteiger charge is 2.30. The van der Waals surface area contributed by atoms with E-state index in [-0.39, 0.29) is 22.5 Å². The normalized spacial score (nSPS) is 18.0. The molecule has 4 aromatic rings. The first-order valence-electron chi connectivity index (χ1n) is 14.0. The zero-order chi connectivity index (χ0) is 28.2. The zero-order valence-corrected chi connectivity index (χ0v) is 24.8. The maximum atomic E-state index is 14.5. The predicted octanol–water partition coefficient (Wildman–Crippen LogP) is 9.42. The fourth-order valence-corrected chi connectivity index (χ4v) is 7.62. The van der Waals surface area contributed by atoms with Gasteiger partial charge in [0.2, 0.25) is 5.88 Å². The second-order valence-corrected chi connectivity index (χ2v) is 12.3. The molecule has 1 unspecified atom stereocenters.